The molecule has 0 unspecified atom stereocenters. The van der Waals surface area contributed by atoms with Gasteiger partial charge in [-0.15, -0.1) is 0 Å². The first kappa shape index (κ1) is 12.2. The summed E-state index contributed by atoms with van der Waals surface area (Å²) in [6, 6.07) is 5.43. The number of amides is 1. The Morgan fingerprint density at radius 3 is 2.72 bits per heavy atom. The van der Waals surface area contributed by atoms with Crippen LogP contribution in [0.5, 0.6) is 0 Å². The Hall–Kier alpha value is -2.30. The van der Waals surface area contributed by atoms with Gasteiger partial charge in [0.15, 0.2) is 0 Å². The van der Waals surface area contributed by atoms with E-state index in [1.165, 1.54) is 0 Å². The number of nitrogens with two attached hydrogens (primary N) is 1. The van der Waals surface area contributed by atoms with Crippen LogP contribution in [0.3, 0.4) is 0 Å². The highest BCUT2D eigenvalue weighted by Crippen LogP contribution is 2.19. The lowest BCUT2D eigenvalue weighted by molar-refractivity contribution is 0.102. The van der Waals surface area contributed by atoms with Crippen molar-refractivity contribution in [2.24, 2.45) is 7.05 Å². The van der Waals surface area contributed by atoms with Crippen molar-refractivity contribution >= 4 is 17.3 Å². The molecule has 1 aromatic carbocycles. The number of nitrogens with one attached hydrogen (secondary N) is 1. The Balaban J connectivity index is 2.27. The molecule has 1 amide bonds. The Kier molecular flexibility index (Phi) is 3.06. The van der Waals surface area contributed by atoms with Gasteiger partial charge in [-0.25, -0.2) is 0 Å². The molecule has 1 heterocycles. The van der Waals surface area contributed by atoms with Crippen molar-refractivity contribution in [3.8, 4) is 0 Å². The van der Waals surface area contributed by atoms with Gasteiger partial charge in [-0.1, -0.05) is 6.07 Å². The number of aryl methyl sites for hydroxylation is 2. The molecule has 0 radical (unpaired) electrons. The molecule has 2 rings (SSSR count). The van der Waals surface area contributed by atoms with Crippen molar-refractivity contribution in [3.63, 3.8) is 0 Å². The van der Waals surface area contributed by atoms with E-state index in [4.69, 9.17) is 5.73 Å². The number of carbonyl (C=O) groups is 1. The molecular formula is C13H16N4O. The van der Waals surface area contributed by atoms with E-state index < -0.39 is 0 Å². The molecule has 5 heteroatoms. The summed E-state index contributed by atoms with van der Waals surface area (Å²) >= 11 is 0. The van der Waals surface area contributed by atoms with Crippen LogP contribution in [-0.4, -0.2) is 15.7 Å². The Morgan fingerprint density at radius 2 is 2.11 bits per heavy atom. The smallest absolute Gasteiger partial charge is 0.259 e. The van der Waals surface area contributed by atoms with Crippen molar-refractivity contribution in [1.82, 2.24) is 9.78 Å². The van der Waals surface area contributed by atoms with Crippen LogP contribution in [0, 0.1) is 13.8 Å². The van der Waals surface area contributed by atoms with Crippen molar-refractivity contribution in [1.29, 1.82) is 0 Å². The monoisotopic (exact) mass is 244 g/mol. The second kappa shape index (κ2) is 4.52. The van der Waals surface area contributed by atoms with Gasteiger partial charge in [-0.3, -0.25) is 9.48 Å². The zero-order valence-corrected chi connectivity index (χ0v) is 10.7. The molecule has 94 valence electrons. The second-order valence-electron chi connectivity index (χ2n) is 4.30. The minimum Gasteiger partial charge on any atom is -0.399 e. The fourth-order valence-corrected chi connectivity index (χ4v) is 1.69. The highest BCUT2D eigenvalue weighted by molar-refractivity contribution is 6.05. The number of hydrogen-bond acceptors (Lipinski definition) is 3. The van der Waals surface area contributed by atoms with Crippen molar-refractivity contribution in [2.45, 2.75) is 13.8 Å². The lowest BCUT2D eigenvalue weighted by Gasteiger charge is -2.08. The highest BCUT2D eigenvalue weighted by atomic mass is 16.1. The van der Waals surface area contributed by atoms with Crippen LogP contribution in [0.4, 0.5) is 11.4 Å². The minimum atomic E-state index is -0.172. The third-order valence-electron chi connectivity index (χ3n) is 2.99. The van der Waals surface area contributed by atoms with E-state index in [1.807, 2.05) is 19.9 Å². The summed E-state index contributed by atoms with van der Waals surface area (Å²) in [5, 5.41) is 6.90. The molecule has 0 aliphatic rings. The molecule has 5 nitrogen and oxygen atoms in total. The average molecular weight is 244 g/mol. The van der Waals surface area contributed by atoms with Gasteiger partial charge in [-0.05, 0) is 31.5 Å². The molecule has 0 bridgehead atoms. The number of hydrogen-bond donors (Lipinski definition) is 2. The van der Waals surface area contributed by atoms with E-state index in [-0.39, 0.29) is 5.91 Å². The number of nitrogens with zero attached hydrogens (tertiary/aromatic N) is 2. The molecule has 18 heavy (non-hydrogen) atoms. The van der Waals surface area contributed by atoms with E-state index in [0.717, 1.165) is 16.9 Å². The molecule has 0 aliphatic heterocycles. The van der Waals surface area contributed by atoms with Gasteiger partial charge in [0.2, 0.25) is 0 Å². The Morgan fingerprint density at radius 1 is 1.39 bits per heavy atom. The number of anilines is 2. The van der Waals surface area contributed by atoms with Gasteiger partial charge in [0.05, 0.1) is 11.8 Å². The van der Waals surface area contributed by atoms with E-state index in [1.54, 1.807) is 30.1 Å². The fraction of sp³-hybridized carbons (Fsp3) is 0.231. The summed E-state index contributed by atoms with van der Waals surface area (Å²) < 4.78 is 1.67. The van der Waals surface area contributed by atoms with Crippen molar-refractivity contribution < 1.29 is 4.79 Å². The van der Waals surface area contributed by atoms with E-state index in [2.05, 4.69) is 10.4 Å². The number of aromatic nitrogens is 2. The van der Waals surface area contributed by atoms with Gasteiger partial charge >= 0.3 is 0 Å². The summed E-state index contributed by atoms with van der Waals surface area (Å²) in [6.07, 6.45) is 1.56. The van der Waals surface area contributed by atoms with Crippen LogP contribution in [0.15, 0.2) is 24.4 Å². The maximum absolute atomic E-state index is 12.1. The molecule has 0 spiro atoms. The topological polar surface area (TPSA) is 72.9 Å². The predicted octanol–water partition coefficient (Wildman–Crippen LogP) is 1.87. The Labute approximate surface area is 106 Å². The van der Waals surface area contributed by atoms with Gasteiger partial charge in [-0.2, -0.15) is 5.10 Å². The van der Waals surface area contributed by atoms with E-state index in [0.29, 0.717) is 11.3 Å². The SMILES string of the molecule is Cc1ccc(N)cc1NC(=O)c1cnn(C)c1C. The van der Waals surface area contributed by atoms with Crippen LogP contribution in [0.25, 0.3) is 0 Å². The van der Waals surface area contributed by atoms with E-state index in [9.17, 15) is 4.79 Å². The lowest BCUT2D eigenvalue weighted by atomic mass is 10.1. The minimum absolute atomic E-state index is 0.172. The molecule has 2 aromatic rings. The van der Waals surface area contributed by atoms with Crippen molar-refractivity contribution in [2.75, 3.05) is 11.1 Å². The maximum atomic E-state index is 12.1. The second-order valence-corrected chi connectivity index (χ2v) is 4.30. The molecule has 0 saturated carbocycles. The van der Waals surface area contributed by atoms with Crippen LogP contribution >= 0.6 is 0 Å². The zero-order chi connectivity index (χ0) is 13.3. The molecule has 3 N–H and O–H groups in total. The first-order valence-electron chi connectivity index (χ1n) is 5.65. The van der Waals surface area contributed by atoms with Crippen LogP contribution in [-0.2, 0) is 7.05 Å². The average Bonchev–Trinajstić information content (AvgIpc) is 2.65. The summed E-state index contributed by atoms with van der Waals surface area (Å²) in [7, 11) is 1.80. The van der Waals surface area contributed by atoms with Crippen LogP contribution in [0.2, 0.25) is 0 Å². The molecule has 1 aromatic heterocycles. The molecule has 0 atom stereocenters. The largest absolute Gasteiger partial charge is 0.399 e. The molecular weight excluding hydrogens is 228 g/mol. The zero-order valence-electron chi connectivity index (χ0n) is 10.7. The quantitative estimate of drug-likeness (QED) is 0.792. The standard InChI is InChI=1S/C13H16N4O/c1-8-4-5-10(14)6-12(8)16-13(18)11-7-15-17(3)9(11)2/h4-7H,14H2,1-3H3,(H,16,18). The van der Waals surface area contributed by atoms with Gasteiger partial charge in [0, 0.05) is 24.1 Å². The number of benzene rings is 1. The lowest BCUT2D eigenvalue weighted by Crippen LogP contribution is -2.14. The summed E-state index contributed by atoms with van der Waals surface area (Å²) in [6.45, 7) is 3.78. The van der Waals surface area contributed by atoms with Gasteiger partial charge in [0.1, 0.15) is 0 Å². The predicted molar refractivity (Wildman–Crippen MR) is 71.5 cm³/mol. The van der Waals surface area contributed by atoms with Crippen molar-refractivity contribution in [3.05, 3.63) is 41.2 Å². The first-order chi connectivity index (χ1) is 8.49. The molecule has 0 aliphatic carbocycles. The third kappa shape index (κ3) is 2.20. The summed E-state index contributed by atoms with van der Waals surface area (Å²) in [5.41, 5.74) is 9.43. The van der Waals surface area contributed by atoms with Crippen LogP contribution in [0.1, 0.15) is 21.6 Å². The van der Waals surface area contributed by atoms with E-state index >= 15 is 0 Å². The number of rotatable bonds is 2. The summed E-state index contributed by atoms with van der Waals surface area (Å²) in [5.74, 6) is -0.172. The molecule has 0 saturated heterocycles. The summed E-state index contributed by atoms with van der Waals surface area (Å²) in [4.78, 5) is 12.1. The highest BCUT2D eigenvalue weighted by Gasteiger charge is 2.13. The molecule has 0 fully saturated rings. The maximum Gasteiger partial charge on any atom is 0.259 e. The third-order valence-corrected chi connectivity index (χ3v) is 2.99. The normalized spacial score (nSPS) is 10.4. The first-order valence-corrected chi connectivity index (χ1v) is 5.65. The van der Waals surface area contributed by atoms with Gasteiger partial charge < -0.3 is 11.1 Å². The van der Waals surface area contributed by atoms with Gasteiger partial charge in [0.25, 0.3) is 5.91 Å². The fourth-order valence-electron chi connectivity index (χ4n) is 1.69. The Bertz CT molecular complexity index is 601. The number of nitrogen functional groups attached to an aromatic ring is 1. The van der Waals surface area contributed by atoms with Crippen LogP contribution < -0.4 is 11.1 Å². The number of carbonyl (C=O) groups excluding carboxylic acids is 1.